The summed E-state index contributed by atoms with van der Waals surface area (Å²) in [5, 5.41) is 3.08. The Morgan fingerprint density at radius 2 is 2.28 bits per heavy atom. The minimum absolute atomic E-state index is 0.260. The number of nitrogens with zero attached hydrogens (tertiary/aromatic N) is 2. The molecule has 2 rings (SSSR count). The summed E-state index contributed by atoms with van der Waals surface area (Å²) < 4.78 is 13.3. The lowest BCUT2D eigenvalue weighted by atomic mass is 9.85. The van der Waals surface area contributed by atoms with E-state index in [0.29, 0.717) is 6.54 Å². The van der Waals surface area contributed by atoms with E-state index >= 15 is 0 Å². The first kappa shape index (κ1) is 13.3. The molecule has 0 amide bonds. The third kappa shape index (κ3) is 2.99. The van der Waals surface area contributed by atoms with Crippen molar-refractivity contribution in [3.8, 4) is 0 Å². The molecule has 0 unspecified atom stereocenters. The molecule has 1 fully saturated rings. The molecule has 0 atom stereocenters. The maximum absolute atomic E-state index is 13.3. The Bertz CT molecular complexity index is 391. The summed E-state index contributed by atoms with van der Waals surface area (Å²) in [6.07, 6.45) is 5.30. The molecular weight excluding hydrogens is 229 g/mol. The molecule has 0 aromatic carbocycles. The van der Waals surface area contributed by atoms with Gasteiger partial charge in [0.05, 0.1) is 6.20 Å². The van der Waals surface area contributed by atoms with Crippen molar-refractivity contribution in [2.75, 3.05) is 25.0 Å². The molecule has 0 aliphatic heterocycles. The molecule has 0 radical (unpaired) electrons. The Labute approximate surface area is 108 Å². The van der Waals surface area contributed by atoms with E-state index < -0.39 is 0 Å². The van der Waals surface area contributed by atoms with E-state index in [4.69, 9.17) is 0 Å². The summed E-state index contributed by atoms with van der Waals surface area (Å²) in [7, 11) is 1.87. The number of hydrogen-bond donors (Lipinski definition) is 1. The number of pyridine rings is 1. The van der Waals surface area contributed by atoms with Gasteiger partial charge >= 0.3 is 0 Å². The molecule has 1 aromatic heterocycles. The second-order valence-corrected chi connectivity index (χ2v) is 5.00. The Morgan fingerprint density at radius 3 is 2.83 bits per heavy atom. The molecule has 1 aromatic rings. The minimum Gasteiger partial charge on any atom is -0.356 e. The lowest BCUT2D eigenvalue weighted by Gasteiger charge is -2.33. The third-order valence-electron chi connectivity index (χ3n) is 3.66. The topological polar surface area (TPSA) is 28.2 Å². The predicted molar refractivity (Wildman–Crippen MR) is 72.2 cm³/mol. The highest BCUT2D eigenvalue weighted by molar-refractivity contribution is 5.47. The SMILES string of the molecule is CCN(CC1CCC1)c1ncc(F)cc1CNC. The zero-order valence-electron chi connectivity index (χ0n) is 11.2. The first-order valence-electron chi connectivity index (χ1n) is 6.78. The van der Waals surface area contributed by atoms with Crippen LogP contribution in [0.3, 0.4) is 0 Å². The van der Waals surface area contributed by atoms with Crippen LogP contribution in [0.1, 0.15) is 31.7 Å². The number of anilines is 1. The molecule has 1 aliphatic carbocycles. The van der Waals surface area contributed by atoms with E-state index in [1.807, 2.05) is 7.05 Å². The Morgan fingerprint density at radius 1 is 1.50 bits per heavy atom. The van der Waals surface area contributed by atoms with Crippen molar-refractivity contribution in [2.24, 2.45) is 5.92 Å². The second kappa shape index (κ2) is 6.14. The van der Waals surface area contributed by atoms with Crippen LogP contribution in [0.4, 0.5) is 10.2 Å². The number of rotatable bonds is 6. The average molecular weight is 251 g/mol. The van der Waals surface area contributed by atoms with E-state index in [1.165, 1.54) is 25.5 Å². The minimum atomic E-state index is -0.260. The summed E-state index contributed by atoms with van der Waals surface area (Å²) >= 11 is 0. The molecule has 3 nitrogen and oxygen atoms in total. The Balaban J connectivity index is 2.16. The maximum atomic E-state index is 13.3. The van der Waals surface area contributed by atoms with Crippen LogP contribution < -0.4 is 10.2 Å². The fourth-order valence-electron chi connectivity index (χ4n) is 2.43. The molecule has 1 N–H and O–H groups in total. The van der Waals surface area contributed by atoms with Crippen molar-refractivity contribution < 1.29 is 4.39 Å². The summed E-state index contributed by atoms with van der Waals surface area (Å²) in [5.41, 5.74) is 0.943. The van der Waals surface area contributed by atoms with Gasteiger partial charge in [0.1, 0.15) is 11.6 Å². The van der Waals surface area contributed by atoms with Crippen LogP contribution in [0.2, 0.25) is 0 Å². The van der Waals surface area contributed by atoms with E-state index in [9.17, 15) is 4.39 Å². The fraction of sp³-hybridized carbons (Fsp3) is 0.643. The van der Waals surface area contributed by atoms with Crippen LogP contribution in [-0.4, -0.2) is 25.1 Å². The van der Waals surface area contributed by atoms with Crippen LogP contribution in [0.5, 0.6) is 0 Å². The smallest absolute Gasteiger partial charge is 0.141 e. The highest BCUT2D eigenvalue weighted by atomic mass is 19.1. The highest BCUT2D eigenvalue weighted by Crippen LogP contribution is 2.29. The van der Waals surface area contributed by atoms with Gasteiger partial charge < -0.3 is 10.2 Å². The molecule has 1 heterocycles. The monoisotopic (exact) mass is 251 g/mol. The van der Waals surface area contributed by atoms with Gasteiger partial charge in [-0.25, -0.2) is 9.37 Å². The van der Waals surface area contributed by atoms with Crippen LogP contribution in [0.25, 0.3) is 0 Å². The van der Waals surface area contributed by atoms with E-state index in [2.05, 4.69) is 22.1 Å². The van der Waals surface area contributed by atoms with Gasteiger partial charge in [0.2, 0.25) is 0 Å². The van der Waals surface area contributed by atoms with Gasteiger partial charge in [-0.2, -0.15) is 0 Å². The fourth-order valence-corrected chi connectivity index (χ4v) is 2.43. The van der Waals surface area contributed by atoms with Gasteiger partial charge in [-0.05, 0) is 38.8 Å². The van der Waals surface area contributed by atoms with Gasteiger partial charge in [-0.3, -0.25) is 0 Å². The van der Waals surface area contributed by atoms with Gasteiger partial charge in [0, 0.05) is 25.2 Å². The number of aromatic nitrogens is 1. The lowest BCUT2D eigenvalue weighted by molar-refractivity contribution is 0.318. The quantitative estimate of drug-likeness (QED) is 0.842. The van der Waals surface area contributed by atoms with Gasteiger partial charge in [-0.1, -0.05) is 6.42 Å². The van der Waals surface area contributed by atoms with Gasteiger partial charge in [-0.15, -0.1) is 0 Å². The molecule has 18 heavy (non-hydrogen) atoms. The predicted octanol–water partition coefficient (Wildman–Crippen LogP) is 2.57. The molecule has 100 valence electrons. The molecule has 4 heteroatoms. The Hall–Kier alpha value is -1.16. The zero-order valence-corrected chi connectivity index (χ0v) is 11.2. The van der Waals surface area contributed by atoms with Crippen LogP contribution in [0.15, 0.2) is 12.3 Å². The third-order valence-corrected chi connectivity index (χ3v) is 3.66. The lowest BCUT2D eigenvalue weighted by Crippen LogP contribution is -2.34. The highest BCUT2D eigenvalue weighted by Gasteiger charge is 2.22. The maximum Gasteiger partial charge on any atom is 0.141 e. The van der Waals surface area contributed by atoms with Crippen LogP contribution >= 0.6 is 0 Å². The summed E-state index contributed by atoms with van der Waals surface area (Å²) in [5.74, 6) is 1.46. The van der Waals surface area contributed by atoms with Gasteiger partial charge in [0.25, 0.3) is 0 Å². The van der Waals surface area contributed by atoms with Crippen LogP contribution in [0, 0.1) is 11.7 Å². The Kier molecular flexibility index (Phi) is 4.53. The molecule has 1 aliphatic rings. The standard InChI is InChI=1S/C14H22FN3/c1-3-18(10-11-5-4-6-11)14-12(8-16-2)7-13(15)9-17-14/h7,9,11,16H,3-6,8,10H2,1-2H3. The molecule has 0 bridgehead atoms. The van der Waals surface area contributed by atoms with Crippen molar-refractivity contribution in [1.82, 2.24) is 10.3 Å². The molecular formula is C14H22FN3. The van der Waals surface area contributed by atoms with E-state index in [1.54, 1.807) is 6.07 Å². The van der Waals surface area contributed by atoms with E-state index in [-0.39, 0.29) is 5.82 Å². The second-order valence-electron chi connectivity index (χ2n) is 5.00. The molecule has 0 spiro atoms. The number of hydrogen-bond acceptors (Lipinski definition) is 3. The van der Waals surface area contributed by atoms with Crippen molar-refractivity contribution in [3.05, 3.63) is 23.6 Å². The number of halogens is 1. The molecule has 1 saturated carbocycles. The van der Waals surface area contributed by atoms with Crippen LogP contribution in [-0.2, 0) is 6.54 Å². The summed E-state index contributed by atoms with van der Waals surface area (Å²) in [6.45, 7) is 4.76. The summed E-state index contributed by atoms with van der Waals surface area (Å²) in [4.78, 5) is 6.56. The zero-order chi connectivity index (χ0) is 13.0. The first-order chi connectivity index (χ1) is 8.74. The van der Waals surface area contributed by atoms with Gasteiger partial charge in [0.15, 0.2) is 0 Å². The van der Waals surface area contributed by atoms with E-state index in [0.717, 1.165) is 30.4 Å². The number of nitrogens with one attached hydrogen (secondary N) is 1. The van der Waals surface area contributed by atoms with Crippen molar-refractivity contribution in [2.45, 2.75) is 32.7 Å². The average Bonchev–Trinajstić information content (AvgIpc) is 2.30. The summed E-state index contributed by atoms with van der Waals surface area (Å²) in [6, 6.07) is 1.59. The normalized spacial score (nSPS) is 15.5. The largest absolute Gasteiger partial charge is 0.356 e. The van der Waals surface area contributed by atoms with Crippen molar-refractivity contribution in [3.63, 3.8) is 0 Å². The van der Waals surface area contributed by atoms with Crippen molar-refractivity contribution in [1.29, 1.82) is 0 Å². The first-order valence-corrected chi connectivity index (χ1v) is 6.78. The van der Waals surface area contributed by atoms with Crippen molar-refractivity contribution >= 4 is 5.82 Å². The molecule has 0 saturated heterocycles.